The lowest BCUT2D eigenvalue weighted by Crippen LogP contribution is -2.37. The summed E-state index contributed by atoms with van der Waals surface area (Å²) in [4.78, 5) is 32.6. The predicted octanol–water partition coefficient (Wildman–Crippen LogP) is 5.34. The number of amides is 1. The number of rotatable bonds is 3. The number of aryl methyl sites for hydroxylation is 2. The normalized spacial score (nSPS) is 21.0. The van der Waals surface area contributed by atoms with Crippen LogP contribution in [-0.2, 0) is 20.8 Å². The first-order chi connectivity index (χ1) is 16.0. The molecule has 0 saturated carbocycles. The summed E-state index contributed by atoms with van der Waals surface area (Å²) >= 11 is 6.65. The molecular formula is C26H33ClN2O4. The van der Waals surface area contributed by atoms with E-state index >= 15 is 0 Å². The van der Waals surface area contributed by atoms with Crippen molar-refractivity contribution in [3.8, 4) is 0 Å². The molecule has 0 N–H and O–H groups in total. The van der Waals surface area contributed by atoms with Crippen LogP contribution in [0.1, 0.15) is 65.6 Å². The van der Waals surface area contributed by atoms with E-state index in [1.165, 1.54) is 0 Å². The van der Waals surface area contributed by atoms with E-state index in [2.05, 4.69) is 11.2 Å². The largest absolute Gasteiger partial charge is 0.462 e. The summed E-state index contributed by atoms with van der Waals surface area (Å²) in [7, 11) is 0. The van der Waals surface area contributed by atoms with Crippen molar-refractivity contribution >= 4 is 29.2 Å². The number of piperidine rings is 1. The van der Waals surface area contributed by atoms with Crippen LogP contribution < -0.4 is 0 Å². The molecule has 6 nitrogen and oxygen atoms in total. The van der Waals surface area contributed by atoms with Gasteiger partial charge in [-0.15, -0.1) is 0 Å². The monoisotopic (exact) mass is 472 g/mol. The molecule has 0 spiro atoms. The minimum atomic E-state index is -0.389. The molecule has 2 aliphatic rings. The van der Waals surface area contributed by atoms with Crippen LogP contribution in [0.4, 0.5) is 0 Å². The van der Waals surface area contributed by atoms with Gasteiger partial charge in [0, 0.05) is 24.5 Å². The standard InChI is InChI=1S/C26H33ClN2O4/c1-19-16-20(2)25(27)22-17-21(28-33-18-23(30)29-13-9-7-10-14-29)12-8-5-3-4-6-11-15-32-26(31)24(19)22/h4,6,8,12,16H,3,5,7,9-11,13-15,17-18H2,1-2H3/b6-4+,12-8+,28-21?. The number of carbonyl (C=O) groups excluding carboxylic acids is 2. The molecule has 3 rings (SSSR count). The highest BCUT2D eigenvalue weighted by molar-refractivity contribution is 6.33. The number of carbonyl (C=O) groups is 2. The fraction of sp³-hybridized carbons (Fsp3) is 0.500. The van der Waals surface area contributed by atoms with Crippen molar-refractivity contribution in [3.05, 3.63) is 57.6 Å². The van der Waals surface area contributed by atoms with Crippen molar-refractivity contribution in [2.45, 2.75) is 58.8 Å². The smallest absolute Gasteiger partial charge is 0.338 e. The number of cyclic esters (lactones) is 1. The van der Waals surface area contributed by atoms with E-state index in [0.717, 1.165) is 56.3 Å². The first kappa shape index (κ1) is 25.0. The highest BCUT2D eigenvalue weighted by atomic mass is 35.5. The van der Waals surface area contributed by atoms with Crippen molar-refractivity contribution in [2.24, 2.45) is 5.16 Å². The topological polar surface area (TPSA) is 68.2 Å². The van der Waals surface area contributed by atoms with E-state index in [0.29, 0.717) is 41.3 Å². The van der Waals surface area contributed by atoms with Gasteiger partial charge in [0.25, 0.3) is 5.91 Å². The lowest BCUT2D eigenvalue weighted by Gasteiger charge is -2.26. The molecule has 1 aromatic rings. The molecule has 0 atom stereocenters. The van der Waals surface area contributed by atoms with Gasteiger partial charge >= 0.3 is 5.97 Å². The molecule has 178 valence electrons. The second kappa shape index (κ2) is 12.6. The van der Waals surface area contributed by atoms with Crippen molar-refractivity contribution in [1.29, 1.82) is 0 Å². The number of allylic oxidation sites excluding steroid dienone is 3. The third-order valence-corrected chi connectivity index (χ3v) is 6.40. The number of hydrogen-bond donors (Lipinski definition) is 0. The molecule has 0 aliphatic carbocycles. The van der Waals surface area contributed by atoms with Crippen molar-refractivity contribution in [1.82, 2.24) is 4.90 Å². The van der Waals surface area contributed by atoms with Crippen LogP contribution in [-0.4, -0.2) is 48.8 Å². The Morgan fingerprint density at radius 3 is 2.61 bits per heavy atom. The van der Waals surface area contributed by atoms with Crippen LogP contribution in [0.2, 0.25) is 5.02 Å². The Morgan fingerprint density at radius 1 is 1.09 bits per heavy atom. The minimum absolute atomic E-state index is 0.0530. The number of hydrogen-bond acceptors (Lipinski definition) is 5. The van der Waals surface area contributed by atoms with E-state index in [-0.39, 0.29) is 18.5 Å². The highest BCUT2D eigenvalue weighted by Crippen LogP contribution is 2.29. The fourth-order valence-corrected chi connectivity index (χ4v) is 4.36. The van der Waals surface area contributed by atoms with Gasteiger partial charge in [0.2, 0.25) is 0 Å². The number of oxime groups is 1. The Kier molecular flexibility index (Phi) is 9.55. The number of likely N-dealkylation sites (tertiary alicyclic amines) is 1. The van der Waals surface area contributed by atoms with Gasteiger partial charge in [0.05, 0.1) is 17.9 Å². The Hall–Kier alpha value is -2.60. The number of fused-ring (bicyclic) bond motifs is 1. The van der Waals surface area contributed by atoms with Crippen molar-refractivity contribution < 1.29 is 19.2 Å². The summed E-state index contributed by atoms with van der Waals surface area (Å²) in [6.07, 6.45) is 13.9. The number of benzene rings is 1. The first-order valence-electron chi connectivity index (χ1n) is 11.7. The Bertz CT molecular complexity index is 946. The average molecular weight is 473 g/mol. The molecule has 0 aromatic heterocycles. The van der Waals surface area contributed by atoms with Crippen LogP contribution in [0.3, 0.4) is 0 Å². The highest BCUT2D eigenvalue weighted by Gasteiger charge is 2.22. The van der Waals surface area contributed by atoms with Gasteiger partial charge in [-0.2, -0.15) is 0 Å². The van der Waals surface area contributed by atoms with E-state index < -0.39 is 0 Å². The maximum atomic E-state index is 12.9. The van der Waals surface area contributed by atoms with Crippen LogP contribution in [0.5, 0.6) is 0 Å². The zero-order chi connectivity index (χ0) is 23.6. The zero-order valence-corrected chi connectivity index (χ0v) is 20.3. The van der Waals surface area contributed by atoms with Crippen LogP contribution in [0.25, 0.3) is 0 Å². The molecule has 0 radical (unpaired) electrons. The van der Waals surface area contributed by atoms with Crippen LogP contribution >= 0.6 is 11.6 Å². The molecule has 0 bridgehead atoms. The minimum Gasteiger partial charge on any atom is -0.462 e. The molecule has 33 heavy (non-hydrogen) atoms. The van der Waals surface area contributed by atoms with E-state index in [4.69, 9.17) is 21.2 Å². The van der Waals surface area contributed by atoms with Gasteiger partial charge in [-0.05, 0) is 75.1 Å². The lowest BCUT2D eigenvalue weighted by atomic mass is 9.94. The molecule has 1 aromatic carbocycles. The number of halogens is 1. The van der Waals surface area contributed by atoms with Crippen molar-refractivity contribution in [2.75, 3.05) is 26.3 Å². The number of nitrogens with zero attached hydrogens (tertiary/aromatic N) is 2. The molecule has 0 unspecified atom stereocenters. The van der Waals surface area contributed by atoms with Crippen molar-refractivity contribution in [3.63, 3.8) is 0 Å². The Balaban J connectivity index is 1.86. The molecule has 2 heterocycles. The molecular weight excluding hydrogens is 440 g/mol. The summed E-state index contributed by atoms with van der Waals surface area (Å²) in [5, 5.41) is 4.78. The molecule has 7 heteroatoms. The lowest BCUT2D eigenvalue weighted by molar-refractivity contribution is -0.137. The van der Waals surface area contributed by atoms with Gasteiger partial charge in [0.1, 0.15) is 0 Å². The molecule has 1 saturated heterocycles. The fourth-order valence-electron chi connectivity index (χ4n) is 4.14. The zero-order valence-electron chi connectivity index (χ0n) is 19.6. The third-order valence-electron chi connectivity index (χ3n) is 5.88. The van der Waals surface area contributed by atoms with Crippen LogP contribution in [0, 0.1) is 13.8 Å². The summed E-state index contributed by atoms with van der Waals surface area (Å²) in [5.41, 5.74) is 3.43. The predicted molar refractivity (Wildman–Crippen MR) is 131 cm³/mol. The van der Waals surface area contributed by atoms with Crippen LogP contribution in [0.15, 0.2) is 35.5 Å². The Labute approximate surface area is 201 Å². The summed E-state index contributed by atoms with van der Waals surface area (Å²) < 4.78 is 5.52. The molecule has 1 amide bonds. The summed E-state index contributed by atoms with van der Waals surface area (Å²) in [6, 6.07) is 1.89. The number of ether oxygens (including phenoxy) is 1. The summed E-state index contributed by atoms with van der Waals surface area (Å²) in [6.45, 7) is 5.56. The van der Waals surface area contributed by atoms with E-state index in [1.54, 1.807) is 0 Å². The SMILES string of the molecule is Cc1cc(C)c2c(c1Cl)CC(=NOCC(=O)N1CCCCC1)/C=C/CC/C=C/CCOC2=O. The number of esters is 1. The van der Waals surface area contributed by atoms with Gasteiger partial charge in [-0.1, -0.05) is 41.1 Å². The quantitative estimate of drug-likeness (QED) is 0.338. The Morgan fingerprint density at radius 2 is 1.82 bits per heavy atom. The third kappa shape index (κ3) is 7.19. The second-order valence-electron chi connectivity index (χ2n) is 8.53. The second-order valence-corrected chi connectivity index (χ2v) is 8.91. The average Bonchev–Trinajstić information content (AvgIpc) is 2.80. The van der Waals surface area contributed by atoms with Gasteiger partial charge in [0.15, 0.2) is 6.61 Å². The van der Waals surface area contributed by atoms with Gasteiger partial charge in [-0.3, -0.25) is 4.79 Å². The molecule has 2 aliphatic heterocycles. The molecule has 1 fully saturated rings. The maximum Gasteiger partial charge on any atom is 0.338 e. The first-order valence-corrected chi connectivity index (χ1v) is 12.1. The maximum absolute atomic E-state index is 12.9. The van der Waals surface area contributed by atoms with Gasteiger partial charge < -0.3 is 14.5 Å². The van der Waals surface area contributed by atoms with Gasteiger partial charge in [-0.25, -0.2) is 4.79 Å². The van der Waals surface area contributed by atoms with E-state index in [9.17, 15) is 9.59 Å². The summed E-state index contributed by atoms with van der Waals surface area (Å²) in [5.74, 6) is -0.442. The van der Waals surface area contributed by atoms with E-state index in [1.807, 2.05) is 43.0 Å².